The zero-order valence-electron chi connectivity index (χ0n) is 15.9. The number of carbonyl (C=O) groups excluding carboxylic acids is 2. The van der Waals surface area contributed by atoms with Crippen LogP contribution in [0.15, 0.2) is 47.4 Å². The summed E-state index contributed by atoms with van der Waals surface area (Å²) < 4.78 is 0. The Labute approximate surface area is 165 Å². The van der Waals surface area contributed by atoms with E-state index in [4.69, 9.17) is 0 Å². The van der Waals surface area contributed by atoms with Gasteiger partial charge in [-0.3, -0.25) is 9.59 Å². The van der Waals surface area contributed by atoms with Gasteiger partial charge in [-0.05, 0) is 73.6 Å². The minimum absolute atomic E-state index is 0.00692. The summed E-state index contributed by atoms with van der Waals surface area (Å²) in [6.07, 6.45) is 4.86. The van der Waals surface area contributed by atoms with Crippen LogP contribution < -0.4 is 10.6 Å². The van der Waals surface area contributed by atoms with Gasteiger partial charge in [-0.1, -0.05) is 18.2 Å². The smallest absolute Gasteiger partial charge is 0.230 e. The summed E-state index contributed by atoms with van der Waals surface area (Å²) in [4.78, 5) is 24.4. The Kier molecular flexibility index (Phi) is 6.56. The molecule has 0 saturated heterocycles. The second kappa shape index (κ2) is 9.09. The number of aryl methyl sites for hydroxylation is 2. The van der Waals surface area contributed by atoms with Gasteiger partial charge < -0.3 is 10.6 Å². The summed E-state index contributed by atoms with van der Waals surface area (Å²) in [7, 11) is 0. The van der Waals surface area contributed by atoms with E-state index >= 15 is 0 Å². The monoisotopic (exact) mass is 382 g/mol. The molecule has 0 fully saturated rings. The number of anilines is 1. The van der Waals surface area contributed by atoms with Gasteiger partial charge >= 0.3 is 0 Å². The fourth-order valence-corrected chi connectivity index (χ4v) is 4.09. The van der Waals surface area contributed by atoms with E-state index in [0.717, 1.165) is 17.0 Å². The maximum atomic E-state index is 12.3. The number of carbonyl (C=O) groups is 2. The zero-order chi connectivity index (χ0) is 19.2. The Balaban J connectivity index is 1.50. The molecule has 1 unspecified atom stereocenters. The molecule has 142 valence electrons. The maximum Gasteiger partial charge on any atom is 0.230 e. The van der Waals surface area contributed by atoms with Crippen LogP contribution in [0.4, 0.5) is 5.69 Å². The van der Waals surface area contributed by atoms with Crippen molar-refractivity contribution in [1.29, 1.82) is 0 Å². The molecular weight excluding hydrogens is 356 g/mol. The first-order valence-corrected chi connectivity index (χ1v) is 10.4. The van der Waals surface area contributed by atoms with Crippen molar-refractivity contribution in [3.8, 4) is 0 Å². The van der Waals surface area contributed by atoms with Crippen LogP contribution in [0.1, 0.15) is 49.4 Å². The first-order valence-electron chi connectivity index (χ1n) is 9.43. The SMILES string of the molecule is CC(=O)Nc1ccc(SCC(=O)NC(C)c2ccc3c(c2)CCCC3)cc1. The molecule has 0 saturated carbocycles. The predicted octanol–water partition coefficient (Wildman–Crippen LogP) is 4.49. The van der Waals surface area contributed by atoms with Crippen molar-refractivity contribution in [2.45, 2.75) is 50.5 Å². The van der Waals surface area contributed by atoms with E-state index in [1.165, 1.54) is 54.6 Å². The summed E-state index contributed by atoms with van der Waals surface area (Å²) in [5, 5.41) is 5.83. The number of fused-ring (bicyclic) bond motifs is 1. The van der Waals surface area contributed by atoms with Crippen LogP contribution in [0.5, 0.6) is 0 Å². The van der Waals surface area contributed by atoms with Crippen molar-refractivity contribution in [3.05, 3.63) is 59.2 Å². The van der Waals surface area contributed by atoms with Crippen LogP contribution in [0.3, 0.4) is 0 Å². The minimum Gasteiger partial charge on any atom is -0.349 e. The molecule has 27 heavy (non-hydrogen) atoms. The third-order valence-electron chi connectivity index (χ3n) is 4.79. The van der Waals surface area contributed by atoms with Crippen molar-refractivity contribution < 1.29 is 9.59 Å². The lowest BCUT2D eigenvalue weighted by molar-refractivity contribution is -0.119. The van der Waals surface area contributed by atoms with E-state index in [0.29, 0.717) is 5.75 Å². The van der Waals surface area contributed by atoms with Gasteiger partial charge in [0, 0.05) is 17.5 Å². The van der Waals surface area contributed by atoms with Gasteiger partial charge in [-0.15, -0.1) is 11.8 Å². The van der Waals surface area contributed by atoms with E-state index < -0.39 is 0 Å². The summed E-state index contributed by atoms with van der Waals surface area (Å²) in [6, 6.07) is 14.1. The van der Waals surface area contributed by atoms with Crippen LogP contribution in [0.25, 0.3) is 0 Å². The van der Waals surface area contributed by atoms with Crippen molar-refractivity contribution >= 4 is 29.3 Å². The maximum absolute atomic E-state index is 12.3. The highest BCUT2D eigenvalue weighted by molar-refractivity contribution is 8.00. The van der Waals surface area contributed by atoms with Crippen molar-refractivity contribution in [2.24, 2.45) is 0 Å². The summed E-state index contributed by atoms with van der Waals surface area (Å²) in [6.45, 7) is 3.52. The van der Waals surface area contributed by atoms with Gasteiger partial charge in [-0.2, -0.15) is 0 Å². The molecule has 2 aromatic rings. The number of rotatable bonds is 6. The van der Waals surface area contributed by atoms with Gasteiger partial charge in [0.05, 0.1) is 11.8 Å². The molecule has 2 aromatic carbocycles. The quantitative estimate of drug-likeness (QED) is 0.724. The molecule has 2 amide bonds. The average molecular weight is 383 g/mol. The van der Waals surface area contributed by atoms with E-state index in [2.05, 4.69) is 28.8 Å². The van der Waals surface area contributed by atoms with Crippen LogP contribution in [-0.4, -0.2) is 17.6 Å². The van der Waals surface area contributed by atoms with Gasteiger partial charge in [-0.25, -0.2) is 0 Å². The Morgan fingerprint density at radius 3 is 2.44 bits per heavy atom. The summed E-state index contributed by atoms with van der Waals surface area (Å²) in [5.74, 6) is 0.302. The topological polar surface area (TPSA) is 58.2 Å². The Morgan fingerprint density at radius 1 is 1.04 bits per heavy atom. The lowest BCUT2D eigenvalue weighted by Gasteiger charge is -2.20. The van der Waals surface area contributed by atoms with Crippen molar-refractivity contribution in [3.63, 3.8) is 0 Å². The Hall–Kier alpha value is -2.27. The molecule has 1 atom stereocenters. The Morgan fingerprint density at radius 2 is 1.74 bits per heavy atom. The van der Waals surface area contributed by atoms with Crippen LogP contribution >= 0.6 is 11.8 Å². The molecule has 1 aliphatic rings. The van der Waals surface area contributed by atoms with Crippen LogP contribution in [0, 0.1) is 0 Å². The standard InChI is InChI=1S/C22H26N2O2S/c1-15(18-8-7-17-5-3-4-6-19(17)13-18)23-22(26)14-27-21-11-9-20(10-12-21)24-16(2)25/h7-13,15H,3-6,14H2,1-2H3,(H,23,26)(H,24,25). The number of hydrogen-bond donors (Lipinski definition) is 2. The fourth-order valence-electron chi connectivity index (χ4n) is 3.38. The molecule has 5 heteroatoms. The molecule has 0 bridgehead atoms. The molecule has 0 spiro atoms. The highest BCUT2D eigenvalue weighted by Crippen LogP contribution is 2.25. The van der Waals surface area contributed by atoms with E-state index in [1.807, 2.05) is 31.2 Å². The van der Waals surface area contributed by atoms with Crippen molar-refractivity contribution in [1.82, 2.24) is 5.32 Å². The molecule has 0 aliphatic heterocycles. The first-order chi connectivity index (χ1) is 13.0. The van der Waals surface area contributed by atoms with Gasteiger partial charge in [0.1, 0.15) is 0 Å². The third kappa shape index (κ3) is 5.60. The number of hydrogen-bond acceptors (Lipinski definition) is 3. The molecule has 0 radical (unpaired) electrons. The fraction of sp³-hybridized carbons (Fsp3) is 0.364. The Bertz CT molecular complexity index is 818. The highest BCUT2D eigenvalue weighted by Gasteiger charge is 2.14. The molecule has 2 N–H and O–H groups in total. The average Bonchev–Trinajstić information content (AvgIpc) is 2.66. The predicted molar refractivity (Wildman–Crippen MR) is 111 cm³/mol. The molecule has 3 rings (SSSR count). The van der Waals surface area contributed by atoms with Crippen molar-refractivity contribution in [2.75, 3.05) is 11.1 Å². The highest BCUT2D eigenvalue weighted by atomic mass is 32.2. The molecular formula is C22H26N2O2S. The molecule has 4 nitrogen and oxygen atoms in total. The largest absolute Gasteiger partial charge is 0.349 e. The number of amides is 2. The summed E-state index contributed by atoms with van der Waals surface area (Å²) in [5.41, 5.74) is 4.83. The molecule has 1 aliphatic carbocycles. The van der Waals surface area contributed by atoms with Gasteiger partial charge in [0.15, 0.2) is 0 Å². The van der Waals surface area contributed by atoms with Crippen LogP contribution in [-0.2, 0) is 22.4 Å². The van der Waals surface area contributed by atoms with E-state index in [-0.39, 0.29) is 17.9 Å². The van der Waals surface area contributed by atoms with E-state index in [9.17, 15) is 9.59 Å². The lowest BCUT2D eigenvalue weighted by atomic mass is 9.89. The number of benzene rings is 2. The molecule has 0 aromatic heterocycles. The second-order valence-corrected chi connectivity index (χ2v) is 8.07. The number of nitrogens with one attached hydrogen (secondary N) is 2. The first kappa shape index (κ1) is 19.5. The normalized spacial score (nSPS) is 14.1. The third-order valence-corrected chi connectivity index (χ3v) is 5.81. The van der Waals surface area contributed by atoms with Gasteiger partial charge in [0.25, 0.3) is 0 Å². The minimum atomic E-state index is -0.0917. The molecule has 0 heterocycles. The lowest BCUT2D eigenvalue weighted by Crippen LogP contribution is -2.28. The second-order valence-electron chi connectivity index (χ2n) is 7.02. The zero-order valence-corrected chi connectivity index (χ0v) is 16.7. The van der Waals surface area contributed by atoms with E-state index in [1.54, 1.807) is 0 Å². The van der Waals surface area contributed by atoms with Crippen LogP contribution in [0.2, 0.25) is 0 Å². The summed E-state index contributed by atoms with van der Waals surface area (Å²) >= 11 is 1.49. The number of thioether (sulfide) groups is 1. The van der Waals surface area contributed by atoms with Gasteiger partial charge in [0.2, 0.25) is 11.8 Å².